The molecular weight excluding hydrogens is 218 g/mol. The fraction of sp³-hybridized carbons (Fsp3) is 0.300. The van der Waals surface area contributed by atoms with Gasteiger partial charge in [-0.05, 0) is 18.2 Å². The van der Waals surface area contributed by atoms with E-state index in [-0.39, 0.29) is 6.42 Å². The summed E-state index contributed by atoms with van der Waals surface area (Å²) in [6.07, 6.45) is -0.156. The first-order valence-electron chi connectivity index (χ1n) is 4.41. The molecule has 0 heterocycles. The maximum absolute atomic E-state index is 10.4. The molecule has 0 aliphatic rings. The molecule has 0 amide bonds. The van der Waals surface area contributed by atoms with Crippen LogP contribution in [0, 0.1) is 0 Å². The molecule has 0 radical (unpaired) electrons. The van der Waals surface area contributed by atoms with Crippen LogP contribution >= 0.6 is 11.6 Å². The number of rotatable bonds is 4. The Morgan fingerprint density at radius 1 is 1.67 bits per heavy atom. The molecule has 1 atom stereocenters. The first-order chi connectivity index (χ1) is 7.04. The molecule has 0 bridgehead atoms. The molecule has 0 unspecified atom stereocenters. The Morgan fingerprint density at radius 3 is 2.87 bits per heavy atom. The fourth-order valence-electron chi connectivity index (χ4n) is 1.34. The van der Waals surface area contributed by atoms with Crippen LogP contribution in [0.3, 0.4) is 0 Å². The number of methoxy groups -OCH3 is 1. The van der Waals surface area contributed by atoms with Gasteiger partial charge in [0.25, 0.3) is 0 Å². The monoisotopic (exact) mass is 229 g/mol. The smallest absolute Gasteiger partial charge is 0.128 e. The zero-order valence-electron chi connectivity index (χ0n) is 8.33. The van der Waals surface area contributed by atoms with Gasteiger partial charge in [0.05, 0.1) is 12.7 Å². The molecule has 0 spiro atoms. The Kier molecular flexibility index (Phi) is 3.94. The van der Waals surface area contributed by atoms with Gasteiger partial charge in [-0.25, -0.2) is 0 Å². The van der Waals surface area contributed by atoms with Crippen LogP contribution in [-0.4, -0.2) is 13.1 Å². The van der Waals surface area contributed by atoms with Crippen LogP contribution < -0.4 is 15.6 Å². The molecule has 0 saturated carbocycles. The summed E-state index contributed by atoms with van der Waals surface area (Å²) < 4.78 is 5.09. The zero-order valence-corrected chi connectivity index (χ0v) is 9.08. The van der Waals surface area contributed by atoms with Crippen molar-refractivity contribution in [1.82, 2.24) is 0 Å². The van der Waals surface area contributed by atoms with E-state index in [1.807, 2.05) is 0 Å². The van der Waals surface area contributed by atoms with Gasteiger partial charge in [0.1, 0.15) is 11.8 Å². The highest BCUT2D eigenvalue weighted by Crippen LogP contribution is 2.27. The molecule has 4 nitrogen and oxygen atoms in total. The largest absolute Gasteiger partial charge is 0.550 e. The molecule has 0 aromatic heterocycles. The minimum absolute atomic E-state index is 0.156. The number of quaternary nitrogens is 1. The molecule has 0 saturated heterocycles. The average molecular weight is 230 g/mol. The molecule has 82 valence electrons. The summed E-state index contributed by atoms with van der Waals surface area (Å²) >= 11 is 5.81. The van der Waals surface area contributed by atoms with Crippen molar-refractivity contribution in [3.63, 3.8) is 0 Å². The summed E-state index contributed by atoms with van der Waals surface area (Å²) in [5.74, 6) is -0.558. The maximum Gasteiger partial charge on any atom is 0.128 e. The van der Waals surface area contributed by atoms with E-state index in [1.165, 1.54) is 7.11 Å². The van der Waals surface area contributed by atoms with Crippen LogP contribution in [0.2, 0.25) is 5.02 Å². The number of halogens is 1. The molecule has 0 aliphatic heterocycles. The van der Waals surface area contributed by atoms with Crippen molar-refractivity contribution in [3.8, 4) is 5.75 Å². The maximum atomic E-state index is 10.4. The van der Waals surface area contributed by atoms with Gasteiger partial charge in [0.2, 0.25) is 0 Å². The van der Waals surface area contributed by atoms with Gasteiger partial charge in [-0.1, -0.05) is 11.6 Å². The van der Waals surface area contributed by atoms with E-state index in [2.05, 4.69) is 5.73 Å². The van der Waals surface area contributed by atoms with E-state index in [4.69, 9.17) is 16.3 Å². The molecule has 0 fully saturated rings. The molecule has 1 aromatic carbocycles. The average Bonchev–Trinajstić information content (AvgIpc) is 2.16. The highest BCUT2D eigenvalue weighted by Gasteiger charge is 2.15. The number of carbonyl (C=O) groups is 1. The Labute approximate surface area is 92.6 Å². The van der Waals surface area contributed by atoms with E-state index in [9.17, 15) is 9.90 Å². The van der Waals surface area contributed by atoms with Gasteiger partial charge in [0.15, 0.2) is 0 Å². The lowest BCUT2D eigenvalue weighted by atomic mass is 10.0. The van der Waals surface area contributed by atoms with Crippen LogP contribution in [0.15, 0.2) is 18.2 Å². The number of ether oxygens (including phenoxy) is 1. The highest BCUT2D eigenvalue weighted by molar-refractivity contribution is 6.30. The number of carboxylic acid groups (broad SMARTS) is 1. The minimum Gasteiger partial charge on any atom is -0.550 e. The van der Waals surface area contributed by atoms with Gasteiger partial charge >= 0.3 is 0 Å². The fourth-order valence-corrected chi connectivity index (χ4v) is 1.52. The second kappa shape index (κ2) is 5.00. The molecule has 5 heteroatoms. The number of hydrogen-bond donors (Lipinski definition) is 1. The summed E-state index contributed by atoms with van der Waals surface area (Å²) in [4.78, 5) is 10.4. The van der Waals surface area contributed by atoms with Crippen molar-refractivity contribution in [2.45, 2.75) is 12.5 Å². The van der Waals surface area contributed by atoms with Gasteiger partial charge < -0.3 is 20.4 Å². The Balaban J connectivity index is 2.99. The molecular formula is C10H12ClNO3. The summed E-state index contributed by atoms with van der Waals surface area (Å²) in [5.41, 5.74) is 4.41. The van der Waals surface area contributed by atoms with Crippen LogP contribution in [0.4, 0.5) is 0 Å². The van der Waals surface area contributed by atoms with Crippen molar-refractivity contribution >= 4 is 17.6 Å². The van der Waals surface area contributed by atoms with Gasteiger partial charge in [-0.15, -0.1) is 0 Å². The normalized spacial score (nSPS) is 12.2. The number of benzene rings is 1. The van der Waals surface area contributed by atoms with E-state index in [1.54, 1.807) is 18.2 Å². The third-order valence-electron chi connectivity index (χ3n) is 2.04. The van der Waals surface area contributed by atoms with Crippen molar-refractivity contribution in [2.75, 3.05) is 7.11 Å². The minimum atomic E-state index is -1.14. The van der Waals surface area contributed by atoms with Crippen LogP contribution in [0.25, 0.3) is 0 Å². The van der Waals surface area contributed by atoms with E-state index in [0.29, 0.717) is 16.3 Å². The first-order valence-corrected chi connectivity index (χ1v) is 4.78. The number of carboxylic acids is 1. The highest BCUT2D eigenvalue weighted by atomic mass is 35.5. The molecule has 15 heavy (non-hydrogen) atoms. The molecule has 1 rings (SSSR count). The summed E-state index contributed by atoms with van der Waals surface area (Å²) in [7, 11) is 1.51. The molecule has 1 aromatic rings. The Hall–Kier alpha value is -1.26. The molecule has 0 aliphatic carbocycles. The van der Waals surface area contributed by atoms with Crippen LogP contribution in [0.5, 0.6) is 5.75 Å². The van der Waals surface area contributed by atoms with Crippen LogP contribution in [-0.2, 0) is 4.79 Å². The second-order valence-corrected chi connectivity index (χ2v) is 3.60. The zero-order chi connectivity index (χ0) is 11.4. The third-order valence-corrected chi connectivity index (χ3v) is 2.28. The third kappa shape index (κ3) is 3.11. The standard InChI is InChI=1S/C10H12ClNO3/c1-15-9-3-2-6(11)4-7(9)8(12)5-10(13)14/h2-4,8H,5,12H2,1H3,(H,13,14)/t8-/m0/s1. The summed E-state index contributed by atoms with van der Waals surface area (Å²) in [6, 6.07) is 4.59. The molecule has 3 N–H and O–H groups in total. The van der Waals surface area contributed by atoms with Crippen molar-refractivity contribution in [3.05, 3.63) is 28.8 Å². The number of carbonyl (C=O) groups excluding carboxylic acids is 1. The summed E-state index contributed by atoms with van der Waals surface area (Å²) in [6.45, 7) is 0. The number of hydrogen-bond acceptors (Lipinski definition) is 3. The van der Waals surface area contributed by atoms with E-state index < -0.39 is 12.0 Å². The quantitative estimate of drug-likeness (QED) is 0.775. The van der Waals surface area contributed by atoms with Crippen molar-refractivity contribution < 1.29 is 20.4 Å². The Morgan fingerprint density at radius 2 is 2.33 bits per heavy atom. The van der Waals surface area contributed by atoms with E-state index >= 15 is 0 Å². The lowest BCUT2D eigenvalue weighted by molar-refractivity contribution is -0.430. The topological polar surface area (TPSA) is 77.0 Å². The van der Waals surface area contributed by atoms with E-state index in [0.717, 1.165) is 0 Å². The predicted molar refractivity (Wildman–Crippen MR) is 53.3 cm³/mol. The number of aliphatic carboxylic acids is 1. The Bertz CT molecular complexity index is 368. The predicted octanol–water partition coefficient (Wildman–Crippen LogP) is -0.228. The van der Waals surface area contributed by atoms with Crippen molar-refractivity contribution in [1.29, 1.82) is 0 Å². The van der Waals surface area contributed by atoms with Gasteiger partial charge in [-0.3, -0.25) is 0 Å². The first kappa shape index (κ1) is 11.8. The summed E-state index contributed by atoms with van der Waals surface area (Å²) in [5, 5.41) is 11.0. The lowest BCUT2D eigenvalue weighted by Crippen LogP contribution is -2.55. The van der Waals surface area contributed by atoms with Crippen LogP contribution in [0.1, 0.15) is 18.0 Å². The van der Waals surface area contributed by atoms with Gasteiger partial charge in [-0.2, -0.15) is 0 Å². The lowest BCUT2D eigenvalue weighted by Gasteiger charge is -2.13. The van der Waals surface area contributed by atoms with Gasteiger partial charge in [0, 0.05) is 17.4 Å². The SMILES string of the molecule is COc1ccc(Cl)cc1[C@@H]([NH3+])CC(=O)[O-]. The van der Waals surface area contributed by atoms with Crippen molar-refractivity contribution in [2.24, 2.45) is 0 Å². The second-order valence-electron chi connectivity index (χ2n) is 3.16.